The van der Waals surface area contributed by atoms with E-state index >= 15 is 0 Å². The Labute approximate surface area is 181 Å². The van der Waals surface area contributed by atoms with Crippen LogP contribution in [0.25, 0.3) is 0 Å². The second-order valence-electron chi connectivity index (χ2n) is 7.58. The topological polar surface area (TPSA) is 100 Å². The molecule has 162 valence electrons. The number of pyridine rings is 1. The Balaban J connectivity index is 1.83. The average molecular weight is 422 g/mol. The molecule has 0 radical (unpaired) electrons. The minimum absolute atomic E-state index is 0.0165. The van der Waals surface area contributed by atoms with Gasteiger partial charge in [-0.2, -0.15) is 5.10 Å². The monoisotopic (exact) mass is 421 g/mol. The molecular weight excluding hydrogens is 394 g/mol. The lowest BCUT2D eigenvalue weighted by Gasteiger charge is -2.21. The van der Waals surface area contributed by atoms with Crippen LogP contribution in [0, 0.1) is 13.8 Å². The summed E-state index contributed by atoms with van der Waals surface area (Å²) in [5.41, 5.74) is 3.70. The third-order valence-corrected chi connectivity index (χ3v) is 4.82. The molecule has 0 bridgehead atoms. The van der Waals surface area contributed by atoms with Crippen molar-refractivity contribution in [3.8, 4) is 0 Å². The summed E-state index contributed by atoms with van der Waals surface area (Å²) in [5, 5.41) is 17.0. The summed E-state index contributed by atoms with van der Waals surface area (Å²) in [6.45, 7) is 7.17. The molecular formula is C23H27N5O3. The van der Waals surface area contributed by atoms with E-state index in [2.05, 4.69) is 22.3 Å². The van der Waals surface area contributed by atoms with Gasteiger partial charge in [0.2, 0.25) is 0 Å². The van der Waals surface area contributed by atoms with Crippen LogP contribution in [0.4, 0.5) is 11.5 Å². The lowest BCUT2D eigenvalue weighted by atomic mass is 10.1. The molecule has 8 nitrogen and oxygen atoms in total. The fraction of sp³-hybridized carbons (Fsp3) is 0.304. The Morgan fingerprint density at radius 3 is 2.65 bits per heavy atom. The lowest BCUT2D eigenvalue weighted by Crippen LogP contribution is -2.23. The molecule has 3 aromatic rings. The van der Waals surface area contributed by atoms with E-state index in [1.807, 2.05) is 30.7 Å². The predicted molar refractivity (Wildman–Crippen MR) is 120 cm³/mol. The van der Waals surface area contributed by atoms with Crippen molar-refractivity contribution in [2.45, 2.75) is 40.3 Å². The standard InChI is InChI=1S/C23H27N5O3/c1-5-9-28-19(11-16(3)26-28)14-27(4)21-20(23(30)31)12-18(13-24-21)25-22(29)17-8-6-7-15(2)10-17/h6-8,10-13H,5,9,14H2,1-4H3,(H,25,29)(H,30,31). The van der Waals surface area contributed by atoms with E-state index in [1.54, 1.807) is 30.1 Å². The van der Waals surface area contributed by atoms with E-state index < -0.39 is 5.97 Å². The van der Waals surface area contributed by atoms with Crippen LogP contribution in [0.1, 0.15) is 51.0 Å². The van der Waals surface area contributed by atoms with E-state index in [0.717, 1.165) is 29.9 Å². The first-order chi connectivity index (χ1) is 14.8. The smallest absolute Gasteiger partial charge is 0.339 e. The highest BCUT2D eigenvalue weighted by atomic mass is 16.4. The number of carbonyl (C=O) groups excluding carboxylic acids is 1. The van der Waals surface area contributed by atoms with E-state index in [9.17, 15) is 14.7 Å². The van der Waals surface area contributed by atoms with Crippen LogP contribution >= 0.6 is 0 Å². The first-order valence-electron chi connectivity index (χ1n) is 10.1. The molecule has 0 unspecified atom stereocenters. The minimum atomic E-state index is -1.11. The number of hydrogen-bond donors (Lipinski definition) is 2. The number of carbonyl (C=O) groups is 2. The number of hydrogen-bond acceptors (Lipinski definition) is 5. The highest BCUT2D eigenvalue weighted by molar-refractivity contribution is 6.05. The fourth-order valence-corrected chi connectivity index (χ4v) is 3.43. The highest BCUT2D eigenvalue weighted by Crippen LogP contribution is 2.23. The number of benzene rings is 1. The van der Waals surface area contributed by atoms with Crippen molar-refractivity contribution in [1.29, 1.82) is 0 Å². The van der Waals surface area contributed by atoms with Gasteiger partial charge in [-0.25, -0.2) is 9.78 Å². The lowest BCUT2D eigenvalue weighted by molar-refractivity contribution is 0.0696. The van der Waals surface area contributed by atoms with Crippen molar-refractivity contribution in [1.82, 2.24) is 14.8 Å². The molecule has 3 rings (SSSR count). The highest BCUT2D eigenvalue weighted by Gasteiger charge is 2.19. The number of carboxylic acid groups (broad SMARTS) is 1. The van der Waals surface area contributed by atoms with Gasteiger partial charge in [0.25, 0.3) is 5.91 Å². The van der Waals surface area contributed by atoms with Gasteiger partial charge in [-0.3, -0.25) is 9.48 Å². The van der Waals surface area contributed by atoms with Crippen LogP contribution in [0.2, 0.25) is 0 Å². The number of aryl methyl sites for hydroxylation is 3. The quantitative estimate of drug-likeness (QED) is 0.572. The fourth-order valence-electron chi connectivity index (χ4n) is 3.43. The zero-order valence-electron chi connectivity index (χ0n) is 18.2. The van der Waals surface area contributed by atoms with Crippen molar-refractivity contribution < 1.29 is 14.7 Å². The molecule has 1 amide bonds. The molecule has 0 aliphatic heterocycles. The summed E-state index contributed by atoms with van der Waals surface area (Å²) in [7, 11) is 1.79. The third kappa shape index (κ3) is 5.28. The maximum absolute atomic E-state index is 12.5. The first kappa shape index (κ1) is 22.0. The van der Waals surface area contributed by atoms with Crippen LogP contribution in [-0.4, -0.2) is 38.8 Å². The third-order valence-electron chi connectivity index (χ3n) is 4.82. The normalized spacial score (nSPS) is 10.7. The van der Waals surface area contributed by atoms with Gasteiger partial charge in [0, 0.05) is 19.2 Å². The largest absolute Gasteiger partial charge is 0.478 e. The van der Waals surface area contributed by atoms with Gasteiger partial charge in [0.05, 0.1) is 29.8 Å². The molecule has 0 aliphatic carbocycles. The Morgan fingerprint density at radius 1 is 1.19 bits per heavy atom. The maximum Gasteiger partial charge on any atom is 0.339 e. The van der Waals surface area contributed by atoms with E-state index in [-0.39, 0.29) is 11.5 Å². The molecule has 0 aliphatic rings. The number of nitrogens with zero attached hydrogens (tertiary/aromatic N) is 4. The summed E-state index contributed by atoms with van der Waals surface area (Å²) >= 11 is 0. The van der Waals surface area contributed by atoms with Crippen LogP contribution in [0.5, 0.6) is 0 Å². The average Bonchev–Trinajstić information content (AvgIpc) is 3.06. The summed E-state index contributed by atoms with van der Waals surface area (Å²) in [6, 6.07) is 10.6. The van der Waals surface area contributed by atoms with Crippen LogP contribution < -0.4 is 10.2 Å². The minimum Gasteiger partial charge on any atom is -0.478 e. The number of rotatable bonds is 8. The number of anilines is 2. The zero-order valence-corrected chi connectivity index (χ0v) is 18.2. The van der Waals surface area contributed by atoms with Gasteiger partial charge in [-0.15, -0.1) is 0 Å². The van der Waals surface area contributed by atoms with E-state index in [4.69, 9.17) is 0 Å². The predicted octanol–water partition coefficient (Wildman–Crippen LogP) is 3.89. The van der Waals surface area contributed by atoms with Crippen molar-refractivity contribution in [2.75, 3.05) is 17.3 Å². The van der Waals surface area contributed by atoms with E-state index in [1.165, 1.54) is 12.3 Å². The zero-order chi connectivity index (χ0) is 22.5. The summed E-state index contributed by atoms with van der Waals surface area (Å²) in [6.07, 6.45) is 2.42. The molecule has 0 fully saturated rings. The number of amides is 1. The van der Waals surface area contributed by atoms with Gasteiger partial charge in [-0.1, -0.05) is 24.6 Å². The van der Waals surface area contributed by atoms with E-state index in [0.29, 0.717) is 23.6 Å². The van der Waals surface area contributed by atoms with Crippen molar-refractivity contribution in [3.05, 3.63) is 70.7 Å². The van der Waals surface area contributed by atoms with Gasteiger partial charge < -0.3 is 15.3 Å². The second-order valence-corrected chi connectivity index (χ2v) is 7.58. The molecule has 0 saturated heterocycles. The SMILES string of the molecule is CCCn1nc(C)cc1CN(C)c1ncc(NC(=O)c2cccc(C)c2)cc1C(=O)O. The molecule has 2 N–H and O–H groups in total. The Bertz CT molecular complexity index is 1110. The molecule has 1 aromatic carbocycles. The first-order valence-corrected chi connectivity index (χ1v) is 10.1. The van der Waals surface area contributed by atoms with Crippen LogP contribution in [-0.2, 0) is 13.1 Å². The summed E-state index contributed by atoms with van der Waals surface area (Å²) in [4.78, 5) is 30.5. The van der Waals surface area contributed by atoms with Crippen LogP contribution in [0.3, 0.4) is 0 Å². The Hall–Kier alpha value is -3.68. The van der Waals surface area contributed by atoms with Gasteiger partial charge in [-0.05, 0) is 44.5 Å². The second kappa shape index (κ2) is 9.42. The number of carboxylic acids is 1. The number of aromatic nitrogens is 3. The summed E-state index contributed by atoms with van der Waals surface area (Å²) < 4.78 is 1.93. The molecule has 31 heavy (non-hydrogen) atoms. The molecule has 2 heterocycles. The van der Waals surface area contributed by atoms with Gasteiger partial charge >= 0.3 is 5.97 Å². The van der Waals surface area contributed by atoms with Crippen molar-refractivity contribution in [3.63, 3.8) is 0 Å². The summed E-state index contributed by atoms with van der Waals surface area (Å²) in [5.74, 6) is -1.11. The van der Waals surface area contributed by atoms with Crippen molar-refractivity contribution in [2.24, 2.45) is 0 Å². The number of nitrogens with one attached hydrogen (secondary N) is 1. The van der Waals surface area contributed by atoms with Gasteiger partial charge in [0.1, 0.15) is 11.4 Å². The molecule has 0 saturated carbocycles. The molecule has 2 aromatic heterocycles. The Morgan fingerprint density at radius 2 is 1.97 bits per heavy atom. The van der Waals surface area contributed by atoms with Crippen molar-refractivity contribution >= 4 is 23.4 Å². The molecule has 0 atom stereocenters. The number of aromatic carboxylic acids is 1. The Kier molecular flexibility index (Phi) is 6.69. The molecule has 0 spiro atoms. The molecule has 8 heteroatoms. The van der Waals surface area contributed by atoms with Gasteiger partial charge in [0.15, 0.2) is 0 Å². The maximum atomic E-state index is 12.5. The van der Waals surface area contributed by atoms with Crippen LogP contribution in [0.15, 0.2) is 42.6 Å².